The number of amides is 2. The molecule has 0 aliphatic carbocycles. The van der Waals surface area contributed by atoms with Gasteiger partial charge in [-0.3, -0.25) is 19.9 Å². The minimum absolute atomic E-state index is 0.148. The van der Waals surface area contributed by atoms with Crippen molar-refractivity contribution in [1.29, 1.82) is 0 Å². The molecule has 2 rings (SSSR count). The molecule has 2 amide bonds. The highest BCUT2D eigenvalue weighted by Gasteiger charge is 2.23. The first-order valence-corrected chi connectivity index (χ1v) is 4.21. The molecule has 2 heterocycles. The summed E-state index contributed by atoms with van der Waals surface area (Å²) >= 11 is 0. The molecule has 0 radical (unpaired) electrons. The average Bonchev–Trinajstić information content (AvgIpc) is 2.47. The van der Waals surface area contributed by atoms with Gasteiger partial charge in [-0.15, -0.1) is 0 Å². The lowest BCUT2D eigenvalue weighted by atomic mass is 10.2. The number of hydrogen-bond donors (Lipinski definition) is 1. The highest BCUT2D eigenvalue weighted by molar-refractivity contribution is 6.15. The zero-order valence-electron chi connectivity index (χ0n) is 7.36. The Balaban J connectivity index is 2.28. The van der Waals surface area contributed by atoms with Crippen molar-refractivity contribution < 1.29 is 9.59 Å². The van der Waals surface area contributed by atoms with E-state index in [1.807, 2.05) is 6.07 Å². The third kappa shape index (κ3) is 1.69. The van der Waals surface area contributed by atoms with Gasteiger partial charge < -0.3 is 0 Å². The van der Waals surface area contributed by atoms with E-state index in [0.717, 1.165) is 0 Å². The fourth-order valence-electron chi connectivity index (χ4n) is 1.26. The predicted octanol–water partition coefficient (Wildman–Crippen LogP) is 0.511. The summed E-state index contributed by atoms with van der Waals surface area (Å²) in [4.78, 5) is 26.1. The van der Waals surface area contributed by atoms with Gasteiger partial charge in [-0.25, -0.2) is 0 Å². The lowest BCUT2D eigenvalue weighted by molar-refractivity contribution is -0.124. The van der Waals surface area contributed by atoms with Gasteiger partial charge in [-0.2, -0.15) is 0 Å². The molecular weight excluding hydrogens is 180 g/mol. The number of carbonyl (C=O) groups is 2. The largest absolute Gasteiger partial charge is 0.292 e. The van der Waals surface area contributed by atoms with E-state index in [0.29, 0.717) is 11.3 Å². The summed E-state index contributed by atoms with van der Waals surface area (Å²) in [5.74, 6) is -0.571. The molecule has 0 unspecified atom stereocenters. The molecule has 4 nitrogen and oxygen atoms in total. The first-order valence-electron chi connectivity index (χ1n) is 4.21. The van der Waals surface area contributed by atoms with E-state index in [-0.39, 0.29) is 18.2 Å². The number of imide groups is 1. The van der Waals surface area contributed by atoms with E-state index < -0.39 is 0 Å². The van der Waals surface area contributed by atoms with Crippen molar-refractivity contribution in [3.8, 4) is 0 Å². The Kier molecular flexibility index (Phi) is 2.10. The molecule has 70 valence electrons. The number of carbonyl (C=O) groups excluding carboxylic acids is 2. The molecule has 0 bridgehead atoms. The number of hydrogen-bond acceptors (Lipinski definition) is 3. The summed E-state index contributed by atoms with van der Waals surface area (Å²) < 4.78 is 0. The summed E-state index contributed by atoms with van der Waals surface area (Å²) in [7, 11) is 0. The summed E-state index contributed by atoms with van der Waals surface area (Å²) in [6, 6.07) is 5.40. The van der Waals surface area contributed by atoms with Crippen LogP contribution < -0.4 is 5.32 Å². The van der Waals surface area contributed by atoms with Gasteiger partial charge in [0, 0.05) is 11.8 Å². The van der Waals surface area contributed by atoms with Gasteiger partial charge in [0.2, 0.25) is 5.91 Å². The molecule has 1 aliphatic rings. The van der Waals surface area contributed by atoms with Crippen molar-refractivity contribution in [3.05, 3.63) is 35.7 Å². The molecule has 1 fully saturated rings. The van der Waals surface area contributed by atoms with Gasteiger partial charge >= 0.3 is 0 Å². The highest BCUT2D eigenvalue weighted by Crippen LogP contribution is 2.12. The van der Waals surface area contributed by atoms with E-state index in [2.05, 4.69) is 10.3 Å². The van der Waals surface area contributed by atoms with Crippen LogP contribution in [0.2, 0.25) is 0 Å². The first kappa shape index (κ1) is 8.62. The summed E-state index contributed by atoms with van der Waals surface area (Å²) in [6.45, 7) is 0. The molecule has 0 atom stereocenters. The molecule has 1 aliphatic heterocycles. The SMILES string of the molecule is O=C1CC(=Cc2ccccn2)C(=O)N1. The Morgan fingerprint density at radius 3 is 2.79 bits per heavy atom. The van der Waals surface area contributed by atoms with Crippen molar-refractivity contribution in [2.24, 2.45) is 0 Å². The van der Waals surface area contributed by atoms with Crippen molar-refractivity contribution in [2.45, 2.75) is 6.42 Å². The molecule has 1 saturated heterocycles. The van der Waals surface area contributed by atoms with Gasteiger partial charge in [0.1, 0.15) is 0 Å². The van der Waals surface area contributed by atoms with E-state index >= 15 is 0 Å². The maximum absolute atomic E-state index is 11.2. The number of pyridine rings is 1. The molecule has 1 aromatic rings. The Labute approximate surface area is 80.7 Å². The van der Waals surface area contributed by atoms with Crippen LogP contribution >= 0.6 is 0 Å². The Hall–Kier alpha value is -1.97. The minimum Gasteiger partial charge on any atom is -0.292 e. The van der Waals surface area contributed by atoms with Crippen LogP contribution in [0, 0.1) is 0 Å². The van der Waals surface area contributed by atoms with Crippen LogP contribution in [0.1, 0.15) is 12.1 Å². The fraction of sp³-hybridized carbons (Fsp3) is 0.100. The van der Waals surface area contributed by atoms with Crippen LogP contribution in [0.3, 0.4) is 0 Å². The van der Waals surface area contributed by atoms with Crippen LogP contribution in [0.5, 0.6) is 0 Å². The number of rotatable bonds is 1. The third-order valence-corrected chi connectivity index (χ3v) is 1.91. The van der Waals surface area contributed by atoms with Crippen LogP contribution in [-0.2, 0) is 9.59 Å². The molecule has 0 spiro atoms. The van der Waals surface area contributed by atoms with Gasteiger partial charge in [0.25, 0.3) is 5.91 Å². The van der Waals surface area contributed by atoms with Gasteiger partial charge in [0.05, 0.1) is 12.1 Å². The molecule has 14 heavy (non-hydrogen) atoms. The molecule has 1 N–H and O–H groups in total. The molecule has 4 heteroatoms. The average molecular weight is 188 g/mol. The normalized spacial score (nSPS) is 18.7. The van der Waals surface area contributed by atoms with Crippen molar-refractivity contribution >= 4 is 17.9 Å². The van der Waals surface area contributed by atoms with Gasteiger partial charge in [-0.1, -0.05) is 6.07 Å². The van der Waals surface area contributed by atoms with E-state index in [4.69, 9.17) is 0 Å². The zero-order valence-corrected chi connectivity index (χ0v) is 7.36. The standard InChI is InChI=1S/C10H8N2O2/c13-9-6-7(10(14)12-9)5-8-3-1-2-4-11-8/h1-5H,6H2,(H,12,13,14). The maximum atomic E-state index is 11.2. The first-order chi connectivity index (χ1) is 6.75. The van der Waals surface area contributed by atoms with E-state index in [1.165, 1.54) is 0 Å². The quantitative estimate of drug-likeness (QED) is 0.516. The second-order valence-electron chi connectivity index (χ2n) is 2.98. The van der Waals surface area contributed by atoms with Crippen LogP contribution in [0.15, 0.2) is 30.0 Å². The number of nitrogens with one attached hydrogen (secondary N) is 1. The van der Waals surface area contributed by atoms with Crippen molar-refractivity contribution in [2.75, 3.05) is 0 Å². The smallest absolute Gasteiger partial charge is 0.254 e. The Bertz CT molecular complexity index is 409. The van der Waals surface area contributed by atoms with Crippen LogP contribution in [-0.4, -0.2) is 16.8 Å². The lowest BCUT2D eigenvalue weighted by Crippen LogP contribution is -2.19. The minimum atomic E-state index is -0.319. The summed E-state index contributed by atoms with van der Waals surface area (Å²) in [5.41, 5.74) is 1.15. The maximum Gasteiger partial charge on any atom is 0.254 e. The molecule has 0 aromatic carbocycles. The number of aromatic nitrogens is 1. The zero-order chi connectivity index (χ0) is 9.97. The van der Waals surface area contributed by atoms with Gasteiger partial charge in [0.15, 0.2) is 0 Å². The predicted molar refractivity (Wildman–Crippen MR) is 50.0 cm³/mol. The molecule has 0 saturated carbocycles. The monoisotopic (exact) mass is 188 g/mol. The summed E-state index contributed by atoms with van der Waals surface area (Å²) in [6.07, 6.45) is 3.41. The Morgan fingerprint density at radius 1 is 1.36 bits per heavy atom. The molecule has 1 aromatic heterocycles. The van der Waals surface area contributed by atoms with Crippen molar-refractivity contribution in [1.82, 2.24) is 10.3 Å². The van der Waals surface area contributed by atoms with Gasteiger partial charge in [-0.05, 0) is 18.2 Å². The topological polar surface area (TPSA) is 59.1 Å². The molecular formula is C10H8N2O2. The second-order valence-corrected chi connectivity index (χ2v) is 2.98. The lowest BCUT2D eigenvalue weighted by Gasteiger charge is -1.92. The Morgan fingerprint density at radius 2 is 2.21 bits per heavy atom. The van der Waals surface area contributed by atoms with Crippen molar-refractivity contribution in [3.63, 3.8) is 0 Å². The number of nitrogens with zero attached hydrogens (tertiary/aromatic N) is 1. The van der Waals surface area contributed by atoms with Crippen LogP contribution in [0.25, 0.3) is 6.08 Å². The third-order valence-electron chi connectivity index (χ3n) is 1.91. The van der Waals surface area contributed by atoms with Crippen LogP contribution in [0.4, 0.5) is 0 Å². The summed E-state index contributed by atoms with van der Waals surface area (Å²) in [5, 5.41) is 2.21. The van der Waals surface area contributed by atoms with E-state index in [9.17, 15) is 9.59 Å². The van der Waals surface area contributed by atoms with E-state index in [1.54, 1.807) is 24.4 Å². The highest BCUT2D eigenvalue weighted by atomic mass is 16.2. The second kappa shape index (κ2) is 3.41. The fourth-order valence-corrected chi connectivity index (χ4v) is 1.26.